The Hall–Kier alpha value is -0.219. The molecule has 0 fully saturated rings. The van der Waals surface area contributed by atoms with Gasteiger partial charge >= 0.3 is 8.56 Å². The lowest BCUT2D eigenvalue weighted by molar-refractivity contribution is -0.671. The van der Waals surface area contributed by atoms with Crippen LogP contribution >= 0.6 is 0 Å². The van der Waals surface area contributed by atoms with Crippen molar-refractivity contribution in [1.29, 1.82) is 0 Å². The van der Waals surface area contributed by atoms with Gasteiger partial charge in [0.15, 0.2) is 16.6 Å². The maximum atomic E-state index is 6.52. The van der Waals surface area contributed by atoms with Gasteiger partial charge in [0.1, 0.15) is 12.4 Å². The Balaban J connectivity index is 2.64. The summed E-state index contributed by atoms with van der Waals surface area (Å²) in [5.41, 5.74) is 0. The predicted octanol–water partition coefficient (Wildman–Crippen LogP) is 3.48. The normalized spacial score (nSPS) is 13.7. The average Bonchev–Trinajstić information content (AvgIpc) is 2.57. The van der Waals surface area contributed by atoms with Crippen molar-refractivity contribution < 1.29 is 12.8 Å². The van der Waals surface area contributed by atoms with Crippen LogP contribution in [0.3, 0.4) is 0 Å². The van der Waals surface area contributed by atoms with Crippen molar-refractivity contribution in [2.75, 3.05) is 0 Å². The highest BCUT2D eigenvalue weighted by Crippen LogP contribution is 2.25. The molecule has 0 saturated heterocycles. The van der Waals surface area contributed by atoms with Gasteiger partial charge in [-0.15, -0.1) is 0 Å². The number of rotatable bonds is 8. The Morgan fingerprint density at radius 2 is 1.48 bits per heavy atom. The Kier molecular flexibility index (Phi) is 6.19. The molecule has 0 unspecified atom stereocenters. The highest BCUT2D eigenvalue weighted by Gasteiger charge is 2.39. The molecule has 21 heavy (non-hydrogen) atoms. The van der Waals surface area contributed by atoms with E-state index in [0.717, 1.165) is 19.0 Å². The Morgan fingerprint density at radius 3 is 1.86 bits per heavy atom. The van der Waals surface area contributed by atoms with Gasteiger partial charge in [0, 0.05) is 0 Å². The number of aromatic nitrogens is 2. The summed E-state index contributed by atoms with van der Waals surface area (Å²) in [6.45, 7) is 16.9. The van der Waals surface area contributed by atoms with Crippen molar-refractivity contribution in [2.24, 2.45) is 7.05 Å². The number of hydrogen-bond donors (Lipinski definition) is 0. The Morgan fingerprint density at radius 1 is 0.952 bits per heavy atom. The minimum atomic E-state index is -2.06. The van der Waals surface area contributed by atoms with E-state index in [4.69, 9.17) is 8.23 Å². The van der Waals surface area contributed by atoms with E-state index in [1.54, 1.807) is 0 Å². The zero-order valence-electron chi connectivity index (χ0n) is 15.1. The van der Waals surface area contributed by atoms with Crippen molar-refractivity contribution in [3.8, 4) is 0 Å². The SMILES string of the molecule is C[n+]1ccn(CCC[Si](C)(O[Si](C)(C)C)O[Si](C)(C)C)c1. The van der Waals surface area contributed by atoms with Crippen LogP contribution in [0.25, 0.3) is 0 Å². The number of imidazole rings is 1. The van der Waals surface area contributed by atoms with Crippen LogP contribution in [0, 0.1) is 0 Å². The van der Waals surface area contributed by atoms with Crippen molar-refractivity contribution in [1.82, 2.24) is 4.57 Å². The first-order valence-corrected chi connectivity index (χ1v) is 17.1. The van der Waals surface area contributed by atoms with Crippen LogP contribution in [0.5, 0.6) is 0 Å². The molecule has 0 spiro atoms. The summed E-state index contributed by atoms with van der Waals surface area (Å²) in [6, 6.07) is 1.07. The Bertz CT molecular complexity index is 434. The van der Waals surface area contributed by atoms with Gasteiger partial charge in [-0.3, -0.25) is 0 Å². The van der Waals surface area contributed by atoms with Crippen molar-refractivity contribution >= 4 is 25.2 Å². The first-order chi connectivity index (χ1) is 9.39. The molecule has 0 aliphatic carbocycles. The van der Waals surface area contributed by atoms with Crippen LogP contribution in [-0.4, -0.2) is 29.8 Å². The average molecular weight is 346 g/mol. The molecule has 1 aromatic rings. The highest BCUT2D eigenvalue weighted by atomic mass is 28.5. The maximum absolute atomic E-state index is 6.52. The molecule has 0 amide bonds. The molecule has 1 rings (SSSR count). The molecule has 4 nitrogen and oxygen atoms in total. The van der Waals surface area contributed by atoms with Gasteiger partial charge in [-0.05, 0) is 58.3 Å². The fraction of sp³-hybridized carbons (Fsp3) is 0.786. The van der Waals surface area contributed by atoms with Crippen LogP contribution in [-0.2, 0) is 21.8 Å². The zero-order chi connectivity index (χ0) is 16.3. The summed E-state index contributed by atoms with van der Waals surface area (Å²) in [5, 5.41) is 0. The second kappa shape index (κ2) is 6.91. The van der Waals surface area contributed by atoms with Crippen LogP contribution < -0.4 is 4.57 Å². The van der Waals surface area contributed by atoms with Crippen LogP contribution in [0.2, 0.25) is 51.9 Å². The monoisotopic (exact) mass is 345 g/mol. The molecule has 0 bridgehead atoms. The summed E-state index contributed by atoms with van der Waals surface area (Å²) in [6.07, 6.45) is 7.44. The minimum absolute atomic E-state index is 1.04. The first-order valence-electron chi connectivity index (χ1n) is 7.80. The lowest BCUT2D eigenvalue weighted by Crippen LogP contribution is -2.52. The standard InChI is InChI=1S/C14H33N2O2Si3/c1-15-11-12-16(14-15)10-9-13-21(8,17-19(2,3)4)18-20(5,6)7/h11-12,14H,9-10,13H2,1-8H3/q+1. The fourth-order valence-electron chi connectivity index (χ4n) is 2.64. The van der Waals surface area contributed by atoms with Gasteiger partial charge < -0.3 is 8.23 Å². The number of hydrogen-bond acceptors (Lipinski definition) is 2. The van der Waals surface area contributed by atoms with E-state index in [-0.39, 0.29) is 0 Å². The Labute approximate surface area is 133 Å². The fourth-order valence-corrected chi connectivity index (χ4v) is 15.2. The van der Waals surface area contributed by atoms with E-state index >= 15 is 0 Å². The largest absolute Gasteiger partial charge is 0.437 e. The third-order valence-corrected chi connectivity index (χ3v) is 12.5. The summed E-state index contributed by atoms with van der Waals surface area (Å²) >= 11 is 0. The van der Waals surface area contributed by atoms with Gasteiger partial charge in [-0.25, -0.2) is 9.13 Å². The van der Waals surface area contributed by atoms with Gasteiger partial charge in [0.2, 0.25) is 6.33 Å². The molecule has 0 radical (unpaired) electrons. The van der Waals surface area contributed by atoms with Gasteiger partial charge in [0.05, 0.1) is 13.6 Å². The minimum Gasteiger partial charge on any atom is -0.437 e. The molecule has 0 aliphatic heterocycles. The quantitative estimate of drug-likeness (QED) is 0.533. The maximum Gasteiger partial charge on any atom is 0.314 e. The third-order valence-electron chi connectivity index (χ3n) is 2.92. The topological polar surface area (TPSA) is 27.3 Å². The first kappa shape index (κ1) is 18.8. The number of aryl methyl sites for hydroxylation is 2. The van der Waals surface area contributed by atoms with E-state index in [0.29, 0.717) is 0 Å². The highest BCUT2D eigenvalue weighted by molar-refractivity contribution is 6.87. The van der Waals surface area contributed by atoms with Gasteiger partial charge in [0.25, 0.3) is 0 Å². The lowest BCUT2D eigenvalue weighted by Gasteiger charge is -2.38. The predicted molar refractivity (Wildman–Crippen MR) is 95.5 cm³/mol. The van der Waals surface area contributed by atoms with E-state index in [9.17, 15) is 0 Å². The van der Waals surface area contributed by atoms with E-state index in [2.05, 4.69) is 80.7 Å². The van der Waals surface area contributed by atoms with Crippen LogP contribution in [0.1, 0.15) is 6.42 Å². The molecule has 1 aromatic heterocycles. The van der Waals surface area contributed by atoms with Crippen LogP contribution in [0.15, 0.2) is 18.7 Å². The van der Waals surface area contributed by atoms with Crippen molar-refractivity contribution in [3.63, 3.8) is 0 Å². The summed E-state index contributed by atoms with van der Waals surface area (Å²) in [5.74, 6) is 0. The van der Waals surface area contributed by atoms with Crippen molar-refractivity contribution in [3.05, 3.63) is 18.7 Å². The second-order valence-corrected chi connectivity index (χ2v) is 20.8. The molecule has 0 aliphatic rings. The van der Waals surface area contributed by atoms with E-state index in [1.165, 1.54) is 0 Å². The van der Waals surface area contributed by atoms with Crippen LogP contribution in [0.4, 0.5) is 0 Å². The summed E-state index contributed by atoms with van der Waals surface area (Å²) in [4.78, 5) is 0. The van der Waals surface area contributed by atoms with Gasteiger partial charge in [-0.1, -0.05) is 0 Å². The molecular weight excluding hydrogens is 312 g/mol. The summed E-state index contributed by atoms with van der Waals surface area (Å²) in [7, 11) is -3.15. The summed E-state index contributed by atoms with van der Waals surface area (Å²) < 4.78 is 17.4. The van der Waals surface area contributed by atoms with Gasteiger partial charge in [-0.2, -0.15) is 0 Å². The zero-order valence-corrected chi connectivity index (χ0v) is 18.1. The third kappa shape index (κ3) is 8.10. The molecular formula is C14H33N2O2Si3+. The number of nitrogens with zero attached hydrogens (tertiary/aromatic N) is 2. The smallest absolute Gasteiger partial charge is 0.314 e. The molecule has 0 aromatic carbocycles. The lowest BCUT2D eigenvalue weighted by atomic mass is 10.5. The molecule has 1 heterocycles. The van der Waals surface area contributed by atoms with E-state index < -0.39 is 25.2 Å². The van der Waals surface area contributed by atoms with E-state index in [1.807, 2.05) is 0 Å². The second-order valence-electron chi connectivity index (χ2n) is 7.98. The molecule has 7 heteroatoms. The molecule has 0 saturated carbocycles. The molecule has 0 N–H and O–H groups in total. The van der Waals surface area contributed by atoms with Crippen molar-refractivity contribution in [2.45, 2.75) is 64.8 Å². The molecule has 0 atom stereocenters. The molecule has 122 valence electrons.